The van der Waals surface area contributed by atoms with Crippen LogP contribution in [0.4, 0.5) is 0 Å². The maximum atomic E-state index is 4.11. The van der Waals surface area contributed by atoms with E-state index in [9.17, 15) is 0 Å². The van der Waals surface area contributed by atoms with Crippen LogP contribution in [0.5, 0.6) is 0 Å². The molecule has 104 valence electrons. The lowest BCUT2D eigenvalue weighted by molar-refractivity contribution is 0.395. The molecule has 0 saturated carbocycles. The predicted octanol–water partition coefficient (Wildman–Crippen LogP) is 2.21. The van der Waals surface area contributed by atoms with Crippen molar-refractivity contribution in [2.45, 2.75) is 45.7 Å². The SMILES string of the molecule is CCCNCc1nnnn1CC(C)(C)c1cccs1. The third-order valence-corrected chi connectivity index (χ3v) is 4.29. The molecular formula is C13H21N5S. The van der Waals surface area contributed by atoms with Crippen molar-refractivity contribution < 1.29 is 0 Å². The zero-order valence-electron chi connectivity index (χ0n) is 11.8. The molecule has 0 atom stereocenters. The van der Waals surface area contributed by atoms with Crippen LogP contribution in [0.2, 0.25) is 0 Å². The van der Waals surface area contributed by atoms with E-state index >= 15 is 0 Å². The molecule has 1 N–H and O–H groups in total. The van der Waals surface area contributed by atoms with E-state index in [1.807, 2.05) is 4.68 Å². The molecule has 19 heavy (non-hydrogen) atoms. The second-order valence-electron chi connectivity index (χ2n) is 5.29. The van der Waals surface area contributed by atoms with E-state index in [4.69, 9.17) is 0 Å². The minimum Gasteiger partial charge on any atom is -0.310 e. The monoisotopic (exact) mass is 279 g/mol. The minimum atomic E-state index is 0.0447. The minimum absolute atomic E-state index is 0.0447. The first-order valence-corrected chi connectivity index (χ1v) is 7.51. The van der Waals surface area contributed by atoms with Crippen molar-refractivity contribution in [1.29, 1.82) is 0 Å². The van der Waals surface area contributed by atoms with Gasteiger partial charge in [0.25, 0.3) is 0 Å². The fraction of sp³-hybridized carbons (Fsp3) is 0.615. The number of hydrogen-bond donors (Lipinski definition) is 1. The Bertz CT molecular complexity index is 489. The molecular weight excluding hydrogens is 258 g/mol. The van der Waals surface area contributed by atoms with Gasteiger partial charge >= 0.3 is 0 Å². The summed E-state index contributed by atoms with van der Waals surface area (Å²) in [6.07, 6.45) is 1.11. The van der Waals surface area contributed by atoms with Gasteiger partial charge in [0.15, 0.2) is 5.82 Å². The lowest BCUT2D eigenvalue weighted by Gasteiger charge is -2.23. The maximum absolute atomic E-state index is 4.11. The number of aromatic nitrogens is 4. The van der Waals surface area contributed by atoms with Crippen molar-refractivity contribution in [3.8, 4) is 0 Å². The Labute approximate surface area is 118 Å². The third-order valence-electron chi connectivity index (χ3n) is 3.05. The molecule has 0 unspecified atom stereocenters. The van der Waals surface area contributed by atoms with Crippen LogP contribution in [0.15, 0.2) is 17.5 Å². The lowest BCUT2D eigenvalue weighted by Crippen LogP contribution is -2.27. The molecule has 0 aliphatic carbocycles. The lowest BCUT2D eigenvalue weighted by atomic mass is 9.91. The summed E-state index contributed by atoms with van der Waals surface area (Å²) in [5.74, 6) is 0.901. The van der Waals surface area contributed by atoms with Gasteiger partial charge in [0.2, 0.25) is 0 Å². The van der Waals surface area contributed by atoms with E-state index in [-0.39, 0.29) is 5.41 Å². The van der Waals surface area contributed by atoms with Crippen LogP contribution in [0.1, 0.15) is 37.9 Å². The Morgan fingerprint density at radius 1 is 1.42 bits per heavy atom. The van der Waals surface area contributed by atoms with Crippen LogP contribution in [-0.4, -0.2) is 26.8 Å². The molecule has 2 heterocycles. The molecule has 2 rings (SSSR count). The number of tetrazole rings is 1. The van der Waals surface area contributed by atoms with Crippen molar-refractivity contribution in [2.75, 3.05) is 6.54 Å². The first-order chi connectivity index (χ1) is 9.13. The molecule has 2 aromatic heterocycles. The van der Waals surface area contributed by atoms with Crippen LogP contribution in [0.3, 0.4) is 0 Å². The van der Waals surface area contributed by atoms with E-state index in [0.717, 1.165) is 31.9 Å². The molecule has 0 spiro atoms. The molecule has 0 fully saturated rings. The number of rotatable bonds is 7. The van der Waals surface area contributed by atoms with Crippen molar-refractivity contribution in [2.24, 2.45) is 0 Å². The van der Waals surface area contributed by atoms with Gasteiger partial charge in [0, 0.05) is 10.3 Å². The summed E-state index contributed by atoms with van der Waals surface area (Å²) >= 11 is 1.78. The van der Waals surface area contributed by atoms with Gasteiger partial charge in [-0.15, -0.1) is 16.4 Å². The summed E-state index contributed by atoms with van der Waals surface area (Å²) in [5.41, 5.74) is 0.0447. The van der Waals surface area contributed by atoms with E-state index < -0.39 is 0 Å². The summed E-state index contributed by atoms with van der Waals surface area (Å²) in [6.45, 7) is 9.11. The Morgan fingerprint density at radius 3 is 2.95 bits per heavy atom. The first kappa shape index (κ1) is 14.1. The summed E-state index contributed by atoms with van der Waals surface area (Å²) in [6, 6.07) is 4.26. The van der Waals surface area contributed by atoms with E-state index in [0.29, 0.717) is 0 Å². The number of thiophene rings is 1. The van der Waals surface area contributed by atoms with Crippen LogP contribution < -0.4 is 5.32 Å². The second kappa shape index (κ2) is 6.25. The highest BCUT2D eigenvalue weighted by atomic mass is 32.1. The highest BCUT2D eigenvalue weighted by Gasteiger charge is 2.24. The second-order valence-corrected chi connectivity index (χ2v) is 6.24. The number of nitrogens with one attached hydrogen (secondary N) is 1. The Hall–Kier alpha value is -1.27. The Kier molecular flexibility index (Phi) is 4.66. The quantitative estimate of drug-likeness (QED) is 0.790. The average Bonchev–Trinajstić information content (AvgIpc) is 3.01. The van der Waals surface area contributed by atoms with Crippen LogP contribution in [0.25, 0.3) is 0 Å². The molecule has 5 nitrogen and oxygen atoms in total. The van der Waals surface area contributed by atoms with E-state index in [1.54, 1.807) is 11.3 Å². The predicted molar refractivity (Wildman–Crippen MR) is 77.2 cm³/mol. The molecule has 0 aromatic carbocycles. The largest absolute Gasteiger partial charge is 0.310 e. The van der Waals surface area contributed by atoms with Gasteiger partial charge in [0.1, 0.15) is 0 Å². The van der Waals surface area contributed by atoms with Crippen LogP contribution in [-0.2, 0) is 18.5 Å². The molecule has 6 heteroatoms. The van der Waals surface area contributed by atoms with Crippen LogP contribution in [0, 0.1) is 0 Å². The summed E-state index contributed by atoms with van der Waals surface area (Å²) < 4.78 is 1.91. The van der Waals surface area contributed by atoms with Gasteiger partial charge in [0.05, 0.1) is 13.1 Å². The van der Waals surface area contributed by atoms with Crippen molar-refractivity contribution in [3.63, 3.8) is 0 Å². The molecule has 0 radical (unpaired) electrons. The summed E-state index contributed by atoms with van der Waals surface area (Å²) in [4.78, 5) is 1.36. The highest BCUT2D eigenvalue weighted by Crippen LogP contribution is 2.29. The fourth-order valence-corrected chi connectivity index (χ4v) is 2.81. The van der Waals surface area contributed by atoms with Crippen LogP contribution >= 0.6 is 11.3 Å². The number of hydrogen-bond acceptors (Lipinski definition) is 5. The molecule has 0 aliphatic rings. The smallest absolute Gasteiger partial charge is 0.165 e. The average molecular weight is 279 g/mol. The standard InChI is InChI=1S/C13H21N5S/c1-4-7-14-9-12-15-16-17-18(12)10-13(2,3)11-6-5-8-19-11/h5-6,8,14H,4,7,9-10H2,1-3H3. The van der Waals surface area contributed by atoms with E-state index in [1.165, 1.54) is 4.88 Å². The summed E-state index contributed by atoms with van der Waals surface area (Å²) in [7, 11) is 0. The molecule has 0 amide bonds. The van der Waals surface area contributed by atoms with Crippen molar-refractivity contribution >= 4 is 11.3 Å². The molecule has 0 aliphatic heterocycles. The van der Waals surface area contributed by atoms with Crippen molar-refractivity contribution in [3.05, 3.63) is 28.2 Å². The Balaban J connectivity index is 2.05. The zero-order chi connectivity index (χ0) is 13.7. The van der Waals surface area contributed by atoms with E-state index in [2.05, 4.69) is 59.1 Å². The molecule has 0 saturated heterocycles. The highest BCUT2D eigenvalue weighted by molar-refractivity contribution is 7.10. The van der Waals surface area contributed by atoms with Gasteiger partial charge in [-0.1, -0.05) is 26.8 Å². The topological polar surface area (TPSA) is 55.6 Å². The maximum Gasteiger partial charge on any atom is 0.165 e. The number of nitrogens with zero attached hydrogens (tertiary/aromatic N) is 4. The molecule has 2 aromatic rings. The van der Waals surface area contributed by atoms with Gasteiger partial charge in [-0.05, 0) is 34.8 Å². The summed E-state index contributed by atoms with van der Waals surface area (Å²) in [5, 5.41) is 17.4. The fourth-order valence-electron chi connectivity index (χ4n) is 1.97. The third kappa shape index (κ3) is 3.61. The van der Waals surface area contributed by atoms with Gasteiger partial charge in [-0.25, -0.2) is 4.68 Å². The normalized spacial score (nSPS) is 11.9. The van der Waals surface area contributed by atoms with Gasteiger partial charge < -0.3 is 5.32 Å². The van der Waals surface area contributed by atoms with Gasteiger partial charge in [-0.3, -0.25) is 0 Å². The Morgan fingerprint density at radius 2 is 2.26 bits per heavy atom. The zero-order valence-corrected chi connectivity index (χ0v) is 12.6. The molecule has 0 bridgehead atoms. The first-order valence-electron chi connectivity index (χ1n) is 6.63. The van der Waals surface area contributed by atoms with Gasteiger partial charge in [-0.2, -0.15) is 0 Å². The van der Waals surface area contributed by atoms with Crippen molar-refractivity contribution in [1.82, 2.24) is 25.5 Å².